The molecule has 0 saturated heterocycles. The molecule has 0 saturated carbocycles. The first-order valence-electron chi connectivity index (χ1n) is 7.15. The molecule has 24 heavy (non-hydrogen) atoms. The second-order valence-electron chi connectivity index (χ2n) is 5.30. The summed E-state index contributed by atoms with van der Waals surface area (Å²) in [6, 6.07) is 9.78. The molecule has 2 aromatic carbocycles. The molecule has 0 aliphatic heterocycles. The number of H-pyrrole nitrogens is 1. The van der Waals surface area contributed by atoms with Crippen LogP contribution in [0.15, 0.2) is 50.5 Å². The molecule has 0 aliphatic carbocycles. The summed E-state index contributed by atoms with van der Waals surface area (Å²) in [7, 11) is -2.14. The van der Waals surface area contributed by atoms with Gasteiger partial charge in [-0.15, -0.1) is 0 Å². The van der Waals surface area contributed by atoms with Crippen molar-refractivity contribution in [3.63, 3.8) is 0 Å². The van der Waals surface area contributed by atoms with Crippen molar-refractivity contribution in [1.82, 2.24) is 9.71 Å². The molecule has 0 radical (unpaired) electrons. The van der Waals surface area contributed by atoms with E-state index in [2.05, 4.69) is 9.71 Å². The third-order valence-corrected chi connectivity index (χ3v) is 5.18. The van der Waals surface area contributed by atoms with Crippen molar-refractivity contribution in [1.29, 1.82) is 0 Å². The lowest BCUT2D eigenvalue weighted by Gasteiger charge is -2.10. The Bertz CT molecular complexity index is 1050. The number of fused-ring (bicyclic) bond motifs is 1. The molecule has 1 aromatic heterocycles. The summed E-state index contributed by atoms with van der Waals surface area (Å²) >= 11 is 0. The number of oxazole rings is 1. The Labute approximate surface area is 138 Å². The third-order valence-electron chi connectivity index (χ3n) is 3.62. The van der Waals surface area contributed by atoms with E-state index in [4.69, 9.17) is 9.15 Å². The van der Waals surface area contributed by atoms with E-state index in [0.717, 1.165) is 0 Å². The zero-order chi connectivity index (χ0) is 17.3. The fraction of sp³-hybridized carbons (Fsp3) is 0.188. The van der Waals surface area contributed by atoms with Gasteiger partial charge in [0.25, 0.3) is 0 Å². The molecule has 2 N–H and O–H groups in total. The van der Waals surface area contributed by atoms with E-state index < -0.39 is 15.8 Å². The maximum absolute atomic E-state index is 12.5. The van der Waals surface area contributed by atoms with Gasteiger partial charge in [0, 0.05) is 6.54 Å². The van der Waals surface area contributed by atoms with Gasteiger partial charge in [-0.3, -0.25) is 4.98 Å². The first kappa shape index (κ1) is 16.3. The van der Waals surface area contributed by atoms with Crippen LogP contribution >= 0.6 is 0 Å². The Morgan fingerprint density at radius 1 is 1.21 bits per heavy atom. The van der Waals surface area contributed by atoms with E-state index in [1.807, 2.05) is 0 Å². The van der Waals surface area contributed by atoms with Gasteiger partial charge >= 0.3 is 5.76 Å². The van der Waals surface area contributed by atoms with Crippen LogP contribution in [0, 0.1) is 6.92 Å². The van der Waals surface area contributed by atoms with Crippen molar-refractivity contribution < 1.29 is 17.6 Å². The molecule has 3 aromatic rings. The topological polar surface area (TPSA) is 101 Å². The molecule has 0 fully saturated rings. The highest BCUT2D eigenvalue weighted by Gasteiger charge is 2.17. The van der Waals surface area contributed by atoms with E-state index in [0.29, 0.717) is 28.0 Å². The van der Waals surface area contributed by atoms with Crippen molar-refractivity contribution in [3.05, 3.63) is 58.1 Å². The van der Waals surface area contributed by atoms with Crippen molar-refractivity contribution in [3.8, 4) is 5.75 Å². The Morgan fingerprint density at radius 2 is 2.00 bits per heavy atom. The molecule has 126 valence electrons. The van der Waals surface area contributed by atoms with Crippen LogP contribution in [0.4, 0.5) is 0 Å². The maximum atomic E-state index is 12.5. The lowest BCUT2D eigenvalue weighted by atomic mass is 10.2. The van der Waals surface area contributed by atoms with Gasteiger partial charge in [0.05, 0.1) is 17.5 Å². The van der Waals surface area contributed by atoms with Crippen molar-refractivity contribution in [2.75, 3.05) is 7.11 Å². The van der Waals surface area contributed by atoms with Crippen LogP contribution in [0.5, 0.6) is 5.75 Å². The van der Waals surface area contributed by atoms with E-state index in [9.17, 15) is 13.2 Å². The number of methoxy groups -OCH3 is 1. The molecule has 0 atom stereocenters. The number of sulfonamides is 1. The molecule has 0 amide bonds. The van der Waals surface area contributed by atoms with Gasteiger partial charge in [-0.1, -0.05) is 6.07 Å². The normalized spacial score (nSPS) is 11.8. The summed E-state index contributed by atoms with van der Waals surface area (Å²) in [5.74, 6) is 0.0518. The second kappa shape index (κ2) is 6.14. The summed E-state index contributed by atoms with van der Waals surface area (Å²) < 4.78 is 37.5. The Morgan fingerprint density at radius 3 is 2.71 bits per heavy atom. The van der Waals surface area contributed by atoms with E-state index in [1.165, 1.54) is 13.2 Å². The monoisotopic (exact) mass is 348 g/mol. The molecule has 1 heterocycles. The Kier molecular flexibility index (Phi) is 4.16. The maximum Gasteiger partial charge on any atom is 0.417 e. The van der Waals surface area contributed by atoms with Crippen LogP contribution in [-0.4, -0.2) is 20.5 Å². The number of hydrogen-bond donors (Lipinski definition) is 2. The van der Waals surface area contributed by atoms with Crippen molar-refractivity contribution in [2.45, 2.75) is 18.4 Å². The number of rotatable bonds is 5. The molecular formula is C16H16N2O5S. The number of nitrogens with one attached hydrogen (secondary N) is 2. The largest absolute Gasteiger partial charge is 0.497 e. The quantitative estimate of drug-likeness (QED) is 0.733. The van der Waals surface area contributed by atoms with Gasteiger partial charge in [-0.25, -0.2) is 17.9 Å². The minimum Gasteiger partial charge on any atom is -0.497 e. The highest BCUT2D eigenvalue weighted by molar-refractivity contribution is 7.89. The van der Waals surface area contributed by atoms with Crippen LogP contribution in [0.2, 0.25) is 0 Å². The fourth-order valence-electron chi connectivity index (χ4n) is 2.41. The van der Waals surface area contributed by atoms with E-state index in [-0.39, 0.29) is 11.4 Å². The van der Waals surface area contributed by atoms with E-state index in [1.54, 1.807) is 37.3 Å². The van der Waals surface area contributed by atoms with Crippen LogP contribution in [0.25, 0.3) is 11.1 Å². The van der Waals surface area contributed by atoms with Gasteiger partial charge in [0.2, 0.25) is 10.0 Å². The molecule has 3 rings (SSSR count). The molecule has 0 bridgehead atoms. The van der Waals surface area contributed by atoms with Crippen LogP contribution in [0.1, 0.15) is 11.1 Å². The Balaban J connectivity index is 1.82. The molecule has 8 heteroatoms. The minimum atomic E-state index is -3.67. The van der Waals surface area contributed by atoms with Crippen LogP contribution in [-0.2, 0) is 16.6 Å². The first-order chi connectivity index (χ1) is 11.4. The summed E-state index contributed by atoms with van der Waals surface area (Å²) in [5.41, 5.74) is 2.23. The van der Waals surface area contributed by atoms with Crippen LogP contribution < -0.4 is 15.2 Å². The van der Waals surface area contributed by atoms with Gasteiger partial charge in [0.1, 0.15) is 5.75 Å². The number of aromatic nitrogens is 1. The SMILES string of the molecule is COc1ccc(S(=O)(=O)NCc2ccc3[nH]c(=O)oc3c2)c(C)c1. The summed E-state index contributed by atoms with van der Waals surface area (Å²) in [6.07, 6.45) is 0. The molecular weight excluding hydrogens is 332 g/mol. The van der Waals surface area contributed by atoms with Crippen molar-refractivity contribution in [2.24, 2.45) is 0 Å². The Hall–Kier alpha value is -2.58. The predicted molar refractivity (Wildman–Crippen MR) is 88.6 cm³/mol. The number of benzene rings is 2. The summed E-state index contributed by atoms with van der Waals surface area (Å²) in [5, 5.41) is 0. The van der Waals surface area contributed by atoms with E-state index >= 15 is 0 Å². The lowest BCUT2D eigenvalue weighted by molar-refractivity contribution is 0.414. The zero-order valence-electron chi connectivity index (χ0n) is 13.1. The van der Waals surface area contributed by atoms with Crippen LogP contribution in [0.3, 0.4) is 0 Å². The summed E-state index contributed by atoms with van der Waals surface area (Å²) in [4.78, 5) is 13.9. The fourth-order valence-corrected chi connectivity index (χ4v) is 3.65. The number of ether oxygens (including phenoxy) is 1. The molecule has 0 unspecified atom stereocenters. The third kappa shape index (κ3) is 3.19. The average molecular weight is 348 g/mol. The first-order valence-corrected chi connectivity index (χ1v) is 8.63. The lowest BCUT2D eigenvalue weighted by Crippen LogP contribution is -2.24. The molecule has 0 spiro atoms. The summed E-state index contributed by atoms with van der Waals surface area (Å²) in [6.45, 7) is 1.79. The second-order valence-corrected chi connectivity index (χ2v) is 7.04. The van der Waals surface area contributed by atoms with Gasteiger partial charge < -0.3 is 9.15 Å². The van der Waals surface area contributed by atoms with Crippen molar-refractivity contribution >= 4 is 21.1 Å². The standard InChI is InChI=1S/C16H16N2O5S/c1-10-7-12(22-2)4-6-15(10)24(20,21)17-9-11-3-5-13-14(8-11)23-16(19)18-13/h3-8,17H,9H2,1-2H3,(H,18,19). The zero-order valence-corrected chi connectivity index (χ0v) is 13.9. The van der Waals surface area contributed by atoms with Gasteiger partial charge in [-0.2, -0.15) is 0 Å². The average Bonchev–Trinajstić information content (AvgIpc) is 2.91. The molecule has 0 aliphatic rings. The highest BCUT2D eigenvalue weighted by atomic mass is 32.2. The molecule has 7 nitrogen and oxygen atoms in total. The highest BCUT2D eigenvalue weighted by Crippen LogP contribution is 2.21. The number of aromatic amines is 1. The number of hydrogen-bond acceptors (Lipinski definition) is 5. The smallest absolute Gasteiger partial charge is 0.417 e. The predicted octanol–water partition coefficient (Wildman–Crippen LogP) is 1.92. The minimum absolute atomic E-state index is 0.0820. The number of aryl methyl sites for hydroxylation is 1. The van der Waals surface area contributed by atoms with Gasteiger partial charge in [0.15, 0.2) is 5.58 Å². The van der Waals surface area contributed by atoms with Gasteiger partial charge in [-0.05, 0) is 48.4 Å².